The van der Waals surface area contributed by atoms with Crippen molar-refractivity contribution in [2.75, 3.05) is 18.4 Å². The van der Waals surface area contributed by atoms with Gasteiger partial charge >= 0.3 is 47.8 Å². The van der Waals surface area contributed by atoms with Gasteiger partial charge in [0.15, 0.2) is 61.6 Å². The van der Waals surface area contributed by atoms with Crippen LogP contribution < -0.4 is 0 Å². The summed E-state index contributed by atoms with van der Waals surface area (Å²) in [5, 5.41) is 10.8. The molecule has 328 valence electrons. The lowest BCUT2D eigenvalue weighted by atomic mass is 9.95. The molecule has 15 atom stereocenters. The predicted octanol–water partition coefficient (Wildman–Crippen LogP) is -0.514. The molecule has 1 N–H and O–H groups in total. The number of halogens is 2. The lowest BCUT2D eigenvalue weighted by molar-refractivity contribution is -0.373. The number of carbonyl (C=O) groups is 8. The van der Waals surface area contributed by atoms with Crippen LogP contribution in [0.1, 0.15) is 55.4 Å². The second kappa shape index (κ2) is 21.9. The quantitative estimate of drug-likeness (QED) is 0.123. The van der Waals surface area contributed by atoms with Crippen LogP contribution in [0.4, 0.5) is 0 Å². The highest BCUT2D eigenvalue weighted by atomic mass is 35.5. The smallest absolute Gasteiger partial charge is 0.303 e. The second-order valence-electron chi connectivity index (χ2n) is 13.0. The van der Waals surface area contributed by atoms with E-state index in [1.165, 1.54) is 0 Å². The third-order valence-electron chi connectivity index (χ3n) is 8.24. The van der Waals surface area contributed by atoms with Crippen molar-refractivity contribution < 1.29 is 105 Å². The molecule has 0 radical (unpaired) electrons. The van der Waals surface area contributed by atoms with E-state index in [0.717, 1.165) is 55.4 Å². The van der Waals surface area contributed by atoms with Gasteiger partial charge in [0.1, 0.15) is 37.1 Å². The maximum absolute atomic E-state index is 12.7. The molecule has 0 aromatic heterocycles. The Bertz CT molecular complexity index is 1510. The van der Waals surface area contributed by atoms with Gasteiger partial charge in [0.05, 0.1) is 11.8 Å². The third kappa shape index (κ3) is 13.3. The van der Waals surface area contributed by atoms with E-state index in [-0.39, 0.29) is 0 Å². The van der Waals surface area contributed by atoms with Crippen LogP contribution in [0.15, 0.2) is 0 Å². The number of alkyl halides is 2. The van der Waals surface area contributed by atoms with Crippen molar-refractivity contribution >= 4 is 71.0 Å². The maximum atomic E-state index is 12.7. The molecular formula is C34H46Cl2O22. The van der Waals surface area contributed by atoms with Crippen LogP contribution in [-0.4, -0.2) is 163 Å². The van der Waals surface area contributed by atoms with E-state index in [4.69, 9.17) is 84.8 Å². The molecule has 3 aliphatic rings. The fraction of sp³-hybridized carbons (Fsp3) is 0.765. The summed E-state index contributed by atoms with van der Waals surface area (Å²) in [6.45, 7) is 7.51. The van der Waals surface area contributed by atoms with Gasteiger partial charge in [-0.3, -0.25) is 38.4 Å². The lowest BCUT2D eigenvalue weighted by Gasteiger charge is -2.50. The van der Waals surface area contributed by atoms with Crippen molar-refractivity contribution in [3.8, 4) is 0 Å². The van der Waals surface area contributed by atoms with Crippen LogP contribution in [0, 0.1) is 0 Å². The summed E-state index contributed by atoms with van der Waals surface area (Å²) in [6, 6.07) is 0. The van der Waals surface area contributed by atoms with Gasteiger partial charge in [-0.25, -0.2) is 0 Å². The van der Waals surface area contributed by atoms with Crippen LogP contribution in [0.2, 0.25) is 0 Å². The number of aliphatic hydroxyl groups is 1. The summed E-state index contributed by atoms with van der Waals surface area (Å²) in [6.07, 6.45) is -24.9. The largest absolute Gasteiger partial charge is 0.463 e. The summed E-state index contributed by atoms with van der Waals surface area (Å²) < 4.78 is 73.4. The molecule has 0 aromatic carbocycles. The maximum Gasteiger partial charge on any atom is 0.303 e. The summed E-state index contributed by atoms with van der Waals surface area (Å²) >= 11 is 12.6. The summed E-state index contributed by atoms with van der Waals surface area (Å²) in [5.41, 5.74) is 0. The highest BCUT2D eigenvalue weighted by Crippen LogP contribution is 2.38. The van der Waals surface area contributed by atoms with Gasteiger partial charge in [-0.05, 0) is 0 Å². The van der Waals surface area contributed by atoms with E-state index in [0.29, 0.717) is 0 Å². The van der Waals surface area contributed by atoms with Crippen LogP contribution in [0.3, 0.4) is 0 Å². The number of esters is 8. The Balaban J connectivity index is 2.16. The standard InChI is InChI=1S/C34H46Cl2O22/c1-12(37)46-11-22-25(26(48-14(3)39)29(32(45)54-22)51-17(6)42)58-34-31(53-19(8)44)28(50-16(5)41)24(21(10-36)56-34)57-33-30(52-18(7)43)27(49-15(4)40)23(47-13(2)38)20(9-35)55-33/h20-34,45H,9-11H2,1-8H3/t20-,21-,22-,23-,24-,25-,26+,27+,28+,29-,30-,31-,32-,33-,34-/m1/s1. The molecule has 3 aliphatic heterocycles. The molecule has 58 heavy (non-hydrogen) atoms. The van der Waals surface area contributed by atoms with E-state index < -0.39 is 158 Å². The number of ether oxygens (including phenoxy) is 13. The highest BCUT2D eigenvalue weighted by molar-refractivity contribution is 6.18. The first-order chi connectivity index (χ1) is 27.2. The van der Waals surface area contributed by atoms with Crippen molar-refractivity contribution in [1.82, 2.24) is 0 Å². The van der Waals surface area contributed by atoms with E-state index in [1.54, 1.807) is 0 Å². The first kappa shape index (κ1) is 48.5. The van der Waals surface area contributed by atoms with Gasteiger partial charge in [-0.2, -0.15) is 0 Å². The minimum absolute atomic E-state index is 0.396. The molecule has 3 saturated heterocycles. The average Bonchev–Trinajstić information content (AvgIpc) is 3.09. The van der Waals surface area contributed by atoms with Crippen molar-refractivity contribution in [3.05, 3.63) is 0 Å². The van der Waals surface area contributed by atoms with Crippen LogP contribution in [-0.2, 0) is 99.9 Å². The first-order valence-electron chi connectivity index (χ1n) is 17.6. The Morgan fingerprint density at radius 1 is 0.414 bits per heavy atom. The molecule has 0 aliphatic carbocycles. The first-order valence-corrected chi connectivity index (χ1v) is 18.6. The summed E-state index contributed by atoms with van der Waals surface area (Å²) in [7, 11) is 0. The fourth-order valence-corrected chi connectivity index (χ4v) is 6.85. The molecule has 0 unspecified atom stereocenters. The molecule has 0 saturated carbocycles. The normalized spacial score (nSPS) is 34.6. The molecule has 24 heteroatoms. The zero-order valence-corrected chi connectivity index (χ0v) is 34.1. The van der Waals surface area contributed by atoms with Gasteiger partial charge < -0.3 is 66.7 Å². The Labute approximate surface area is 341 Å². The molecular weight excluding hydrogens is 831 g/mol. The fourth-order valence-electron chi connectivity index (χ4n) is 6.35. The SMILES string of the molecule is CC(=O)OC[C@H]1O[C@@H](O)[C@H](OC(C)=O)[C@@H](OC(C)=O)[C@@H]1O[C@H]1O[C@H](CCl)[C@@H](O[C@H]2O[C@H](CCl)[C@@H](OC(C)=O)[C@H](OC(C)=O)[C@H]2OC(C)=O)[C@H](OC(C)=O)[C@H]1OC(C)=O. The van der Waals surface area contributed by atoms with Crippen LogP contribution in [0.5, 0.6) is 0 Å². The van der Waals surface area contributed by atoms with Crippen LogP contribution >= 0.6 is 23.2 Å². The molecule has 0 bridgehead atoms. The van der Waals surface area contributed by atoms with E-state index >= 15 is 0 Å². The Morgan fingerprint density at radius 2 is 0.724 bits per heavy atom. The monoisotopic (exact) mass is 876 g/mol. The van der Waals surface area contributed by atoms with Crippen molar-refractivity contribution in [2.24, 2.45) is 0 Å². The predicted molar refractivity (Wildman–Crippen MR) is 185 cm³/mol. The number of carbonyl (C=O) groups excluding carboxylic acids is 8. The lowest BCUT2D eigenvalue weighted by Crippen LogP contribution is -2.68. The Morgan fingerprint density at radius 3 is 1.10 bits per heavy atom. The van der Waals surface area contributed by atoms with Crippen molar-refractivity contribution in [2.45, 2.75) is 148 Å². The van der Waals surface area contributed by atoms with Gasteiger partial charge in [0.25, 0.3) is 0 Å². The highest BCUT2D eigenvalue weighted by Gasteiger charge is 2.59. The molecule has 0 amide bonds. The van der Waals surface area contributed by atoms with Gasteiger partial charge in [-0.1, -0.05) is 0 Å². The average molecular weight is 878 g/mol. The number of rotatable bonds is 15. The second-order valence-corrected chi connectivity index (χ2v) is 13.6. The summed E-state index contributed by atoms with van der Waals surface area (Å²) in [4.78, 5) is 98.3. The van der Waals surface area contributed by atoms with Crippen LogP contribution in [0.25, 0.3) is 0 Å². The molecule has 3 rings (SSSR count). The topological polar surface area (TPSA) is 277 Å². The molecule has 22 nitrogen and oxygen atoms in total. The summed E-state index contributed by atoms with van der Waals surface area (Å²) in [5.74, 6) is -8.21. The van der Waals surface area contributed by atoms with Gasteiger partial charge in [0.2, 0.25) is 0 Å². The van der Waals surface area contributed by atoms with E-state index in [2.05, 4.69) is 0 Å². The third-order valence-corrected chi connectivity index (χ3v) is 8.85. The zero-order valence-electron chi connectivity index (χ0n) is 32.6. The number of hydrogen-bond donors (Lipinski definition) is 1. The molecule has 3 heterocycles. The zero-order chi connectivity index (χ0) is 43.6. The van der Waals surface area contributed by atoms with E-state index in [1.807, 2.05) is 0 Å². The minimum Gasteiger partial charge on any atom is -0.463 e. The molecule has 0 aromatic rings. The van der Waals surface area contributed by atoms with Gasteiger partial charge in [-0.15, -0.1) is 23.2 Å². The number of aliphatic hydroxyl groups excluding tert-OH is 1. The van der Waals surface area contributed by atoms with Crippen molar-refractivity contribution in [3.63, 3.8) is 0 Å². The molecule has 3 fully saturated rings. The van der Waals surface area contributed by atoms with E-state index in [9.17, 15) is 43.5 Å². The minimum atomic E-state index is -1.96. The van der Waals surface area contributed by atoms with Gasteiger partial charge in [0, 0.05) is 55.4 Å². The Kier molecular flexibility index (Phi) is 18.3. The number of hydrogen-bond acceptors (Lipinski definition) is 22. The molecule has 0 spiro atoms. The van der Waals surface area contributed by atoms with Crippen molar-refractivity contribution in [1.29, 1.82) is 0 Å². The Hall–Kier alpha value is -3.90.